The van der Waals surface area contributed by atoms with Crippen molar-refractivity contribution < 1.29 is 33.3 Å². The Bertz CT molecular complexity index is 1040. The molecule has 192 valence electrons. The van der Waals surface area contributed by atoms with Crippen molar-refractivity contribution in [3.05, 3.63) is 71.5 Å². The van der Waals surface area contributed by atoms with E-state index in [9.17, 15) is 14.4 Å². The third-order valence-electron chi connectivity index (χ3n) is 5.88. The molecular weight excluding hydrogens is 575 g/mol. The zero-order valence-electron chi connectivity index (χ0n) is 20.4. The normalized spacial score (nSPS) is 18.3. The molecule has 2 aliphatic rings. The van der Waals surface area contributed by atoms with E-state index in [1.165, 1.54) is 6.08 Å². The van der Waals surface area contributed by atoms with Crippen LogP contribution in [0.5, 0.6) is 5.75 Å². The van der Waals surface area contributed by atoms with E-state index in [2.05, 4.69) is 13.5 Å². The average molecular weight is 606 g/mol. The van der Waals surface area contributed by atoms with Gasteiger partial charge in [0.25, 0.3) is 0 Å². The third-order valence-corrected chi connectivity index (χ3v) is 6.19. The molecule has 2 atom stereocenters. The maximum atomic E-state index is 12.6. The number of halogens is 1. The molecule has 0 bridgehead atoms. The second-order valence-corrected chi connectivity index (χ2v) is 9.22. The number of hydrogen-bond donors (Lipinski definition) is 0. The molecule has 1 saturated heterocycles. The smallest absolute Gasteiger partial charge is 0.339 e. The van der Waals surface area contributed by atoms with Crippen LogP contribution in [0.25, 0.3) is 6.08 Å². The fourth-order valence-corrected chi connectivity index (χ4v) is 4.19. The fraction of sp³-hybridized carbons (Fsp3) is 0.393. The topological polar surface area (TPSA) is 88.1 Å². The van der Waals surface area contributed by atoms with Crippen LogP contribution in [0.1, 0.15) is 57.4 Å². The van der Waals surface area contributed by atoms with Crippen molar-refractivity contribution >= 4 is 46.6 Å². The van der Waals surface area contributed by atoms with E-state index in [0.29, 0.717) is 40.8 Å². The predicted molar refractivity (Wildman–Crippen MR) is 144 cm³/mol. The predicted octanol–water partition coefficient (Wildman–Crippen LogP) is 5.98. The Balaban J connectivity index is 1.57. The van der Waals surface area contributed by atoms with Gasteiger partial charge < -0.3 is 18.9 Å². The lowest BCUT2D eigenvalue weighted by molar-refractivity contribution is -0.144. The summed E-state index contributed by atoms with van der Waals surface area (Å²) in [4.78, 5) is 35.8. The second kappa shape index (κ2) is 14.0. The quantitative estimate of drug-likeness (QED) is 0.0723. The van der Waals surface area contributed by atoms with E-state index in [1.807, 2.05) is 22.6 Å². The fourth-order valence-electron chi connectivity index (χ4n) is 3.88. The zero-order valence-corrected chi connectivity index (χ0v) is 22.5. The van der Waals surface area contributed by atoms with Crippen molar-refractivity contribution in [3.63, 3.8) is 0 Å². The first-order chi connectivity index (χ1) is 17.4. The van der Waals surface area contributed by atoms with Crippen molar-refractivity contribution in [2.24, 2.45) is 0 Å². The maximum Gasteiger partial charge on any atom is 0.339 e. The van der Waals surface area contributed by atoms with Gasteiger partial charge in [-0.3, -0.25) is 0 Å². The molecule has 0 radical (unpaired) electrons. The third kappa shape index (κ3) is 8.36. The molecule has 1 fully saturated rings. The first-order valence-electron chi connectivity index (χ1n) is 12.1. The van der Waals surface area contributed by atoms with Gasteiger partial charge in [-0.2, -0.15) is 0 Å². The lowest BCUT2D eigenvalue weighted by Crippen LogP contribution is -2.29. The summed E-state index contributed by atoms with van der Waals surface area (Å²) in [6, 6.07) is 6.85. The van der Waals surface area contributed by atoms with Gasteiger partial charge in [0.15, 0.2) is 0 Å². The number of carbonyl (C=O) groups is 3. The van der Waals surface area contributed by atoms with Gasteiger partial charge >= 0.3 is 17.9 Å². The highest BCUT2D eigenvalue weighted by Gasteiger charge is 2.35. The van der Waals surface area contributed by atoms with Gasteiger partial charge in [0, 0.05) is 30.1 Å². The average Bonchev–Trinajstić information content (AvgIpc) is 3.21. The van der Waals surface area contributed by atoms with Crippen molar-refractivity contribution in [2.75, 3.05) is 4.61 Å². The molecule has 36 heavy (non-hydrogen) atoms. The summed E-state index contributed by atoms with van der Waals surface area (Å²) in [6.07, 6.45) is 11.4. The van der Waals surface area contributed by atoms with Gasteiger partial charge in [0.2, 0.25) is 0 Å². The Morgan fingerprint density at radius 3 is 2.58 bits per heavy atom. The molecular formula is C28H31IO7. The summed E-state index contributed by atoms with van der Waals surface area (Å²) >= 11 is 1.95. The molecule has 7 nitrogen and oxygen atoms in total. The van der Waals surface area contributed by atoms with Gasteiger partial charge in [-0.25, -0.2) is 14.4 Å². The summed E-state index contributed by atoms with van der Waals surface area (Å²) in [5.74, 6) is -0.00584. The largest absolute Gasteiger partial charge is 0.491 e. The van der Waals surface area contributed by atoms with Crippen LogP contribution in [0.15, 0.2) is 66.0 Å². The van der Waals surface area contributed by atoms with Gasteiger partial charge in [-0.15, -0.1) is 0 Å². The van der Waals surface area contributed by atoms with Crippen molar-refractivity contribution in [2.45, 2.75) is 64.1 Å². The van der Waals surface area contributed by atoms with E-state index in [-0.39, 0.29) is 18.2 Å². The Kier molecular flexibility index (Phi) is 10.8. The van der Waals surface area contributed by atoms with Crippen molar-refractivity contribution in [1.82, 2.24) is 0 Å². The maximum absolute atomic E-state index is 12.6. The minimum atomic E-state index is -0.417. The number of benzene rings is 1. The first-order valence-corrected chi connectivity index (χ1v) is 13.6. The van der Waals surface area contributed by atoms with Crippen LogP contribution in [0.3, 0.4) is 0 Å². The lowest BCUT2D eigenvalue weighted by atomic mass is 10.0. The highest BCUT2D eigenvalue weighted by Crippen LogP contribution is 2.30. The minimum absolute atomic E-state index is 0.233. The number of hydrogen-bond acceptors (Lipinski definition) is 7. The number of unbranched alkanes of at least 4 members (excludes halogenated alkanes) is 2. The van der Waals surface area contributed by atoms with Crippen molar-refractivity contribution in [1.29, 1.82) is 0 Å². The molecule has 1 heterocycles. The number of allylic oxidation sites excluding steroid dienone is 3. The first kappa shape index (κ1) is 27.7. The molecule has 0 aromatic heterocycles. The summed E-state index contributed by atoms with van der Waals surface area (Å²) in [7, 11) is 0. The highest BCUT2D eigenvalue weighted by atomic mass is 127. The standard InChI is InChI=1S/C28H31IO7/c1-3-4-5-6-24(25-17-19(2)27(31)36-25)34-22-14-10-21(11-15-22)28(32)35-23-12-7-20(8-13-23)9-16-26(30)33-18-29/h7-10,12-14,16,24-25H,2-6,11,15,17-18H2,1H3/b16-9+. The number of carbonyl (C=O) groups excluding carboxylic acids is 3. The van der Waals surface area contributed by atoms with E-state index in [0.717, 1.165) is 37.0 Å². The van der Waals surface area contributed by atoms with Crippen LogP contribution in [0.4, 0.5) is 0 Å². The molecule has 1 aromatic rings. The van der Waals surface area contributed by atoms with E-state index in [4.69, 9.17) is 18.9 Å². The summed E-state index contributed by atoms with van der Waals surface area (Å²) in [5, 5.41) is 0. The summed E-state index contributed by atoms with van der Waals surface area (Å²) in [5.41, 5.74) is 1.82. The monoisotopic (exact) mass is 606 g/mol. The number of rotatable bonds is 12. The summed E-state index contributed by atoms with van der Waals surface area (Å²) in [6.45, 7) is 5.91. The van der Waals surface area contributed by atoms with Gasteiger partial charge in [-0.05, 0) is 77.8 Å². The van der Waals surface area contributed by atoms with Crippen LogP contribution < -0.4 is 4.74 Å². The zero-order chi connectivity index (χ0) is 25.9. The molecule has 0 saturated carbocycles. The second-order valence-electron chi connectivity index (χ2n) is 8.59. The minimum Gasteiger partial charge on any atom is -0.491 e. The summed E-state index contributed by atoms with van der Waals surface area (Å²) < 4.78 is 22.3. The van der Waals surface area contributed by atoms with Crippen molar-refractivity contribution in [3.8, 4) is 5.75 Å². The number of alkyl halides is 1. The Morgan fingerprint density at radius 1 is 1.19 bits per heavy atom. The SMILES string of the molecule is C=C1CC(C(CCCCC)OC2=CC=C(C(=O)Oc3ccc(/C=C/C(=O)OCI)cc3)CC2)OC1=O. The van der Waals surface area contributed by atoms with E-state index >= 15 is 0 Å². The number of ether oxygens (including phenoxy) is 4. The molecule has 3 rings (SSSR count). The lowest BCUT2D eigenvalue weighted by Gasteiger charge is -2.26. The Morgan fingerprint density at radius 2 is 1.97 bits per heavy atom. The molecule has 0 spiro atoms. The van der Waals surface area contributed by atoms with Gasteiger partial charge in [0.05, 0.1) is 5.76 Å². The molecule has 1 aromatic carbocycles. The molecule has 2 unspecified atom stereocenters. The highest BCUT2D eigenvalue weighted by molar-refractivity contribution is 14.1. The Labute approximate surface area is 225 Å². The van der Waals surface area contributed by atoms with Crippen LogP contribution in [0, 0.1) is 0 Å². The van der Waals surface area contributed by atoms with Gasteiger partial charge in [-0.1, -0.05) is 38.5 Å². The molecule has 1 aliphatic carbocycles. The van der Waals surface area contributed by atoms with Crippen LogP contribution in [0.2, 0.25) is 0 Å². The number of cyclic esters (lactones) is 1. The molecule has 8 heteroatoms. The molecule has 1 aliphatic heterocycles. The molecule has 0 N–H and O–H groups in total. The van der Waals surface area contributed by atoms with Crippen LogP contribution in [-0.2, 0) is 28.6 Å². The van der Waals surface area contributed by atoms with E-state index in [1.54, 1.807) is 42.5 Å². The number of esters is 3. The molecule has 0 amide bonds. The van der Waals surface area contributed by atoms with Gasteiger partial charge in [0.1, 0.15) is 22.6 Å². The van der Waals surface area contributed by atoms with Crippen LogP contribution in [-0.4, -0.2) is 34.7 Å². The van der Waals surface area contributed by atoms with Crippen LogP contribution >= 0.6 is 22.6 Å². The Hall–Kier alpha value is -2.88. The van der Waals surface area contributed by atoms with E-state index < -0.39 is 11.9 Å².